The first-order valence-corrected chi connectivity index (χ1v) is 8.00. The number of benzene rings is 1. The van der Waals surface area contributed by atoms with Crippen LogP contribution in [0.4, 0.5) is 18.3 Å². The average molecular weight is 341 g/mol. The molecule has 3 rings (SSSR count). The molecule has 1 N–H and O–H groups in total. The molecule has 1 aliphatic carbocycles. The number of aryl methyl sites for hydroxylation is 1. The zero-order valence-corrected chi connectivity index (χ0v) is 13.0. The Morgan fingerprint density at radius 2 is 2.00 bits per heavy atom. The van der Waals surface area contributed by atoms with E-state index >= 15 is 0 Å². The van der Waals surface area contributed by atoms with Crippen LogP contribution in [-0.4, -0.2) is 16.1 Å². The van der Waals surface area contributed by atoms with Gasteiger partial charge in [-0.1, -0.05) is 30.4 Å². The lowest BCUT2D eigenvalue weighted by molar-refractivity contribution is -0.137. The second kappa shape index (κ2) is 5.92. The standard InChI is InChI=1S/C15H14F3N3OS/c1-2-12-20-21-14(23-12)19-13(22)11-7-10(11)8-3-5-9(6-4-8)15(16,17)18/h3-6,10-11H,2,7H2,1H3,(H,19,21,22). The molecule has 1 aliphatic rings. The lowest BCUT2D eigenvalue weighted by atomic mass is 10.1. The Morgan fingerprint density at radius 3 is 2.57 bits per heavy atom. The highest BCUT2D eigenvalue weighted by atomic mass is 32.1. The minimum absolute atomic E-state index is 0.0316. The first-order chi connectivity index (χ1) is 10.9. The van der Waals surface area contributed by atoms with Gasteiger partial charge in [0.05, 0.1) is 5.56 Å². The van der Waals surface area contributed by atoms with Gasteiger partial charge in [0.1, 0.15) is 5.01 Å². The normalized spacial score (nSPS) is 20.3. The van der Waals surface area contributed by atoms with E-state index in [1.165, 1.54) is 23.5 Å². The van der Waals surface area contributed by atoms with E-state index in [1.807, 2.05) is 6.92 Å². The van der Waals surface area contributed by atoms with E-state index in [0.29, 0.717) is 11.6 Å². The fraction of sp³-hybridized carbons (Fsp3) is 0.400. The summed E-state index contributed by atoms with van der Waals surface area (Å²) in [6, 6.07) is 5.00. The molecule has 2 aromatic rings. The molecule has 2 atom stereocenters. The highest BCUT2D eigenvalue weighted by Gasteiger charge is 2.44. The van der Waals surface area contributed by atoms with Gasteiger partial charge in [0, 0.05) is 5.92 Å². The molecule has 8 heteroatoms. The monoisotopic (exact) mass is 341 g/mol. The average Bonchev–Trinajstić information content (AvgIpc) is 3.20. The fourth-order valence-corrected chi connectivity index (χ4v) is 3.10. The molecule has 23 heavy (non-hydrogen) atoms. The number of anilines is 1. The van der Waals surface area contributed by atoms with E-state index in [-0.39, 0.29) is 17.7 Å². The van der Waals surface area contributed by atoms with Gasteiger partial charge in [-0.15, -0.1) is 10.2 Å². The zero-order valence-electron chi connectivity index (χ0n) is 12.2. The van der Waals surface area contributed by atoms with E-state index < -0.39 is 11.7 Å². The Balaban J connectivity index is 1.61. The van der Waals surface area contributed by atoms with Crippen LogP contribution in [0.25, 0.3) is 0 Å². The third-order valence-corrected chi connectivity index (χ3v) is 4.78. The van der Waals surface area contributed by atoms with Crippen LogP contribution in [0.15, 0.2) is 24.3 Å². The van der Waals surface area contributed by atoms with Crippen molar-refractivity contribution in [2.75, 3.05) is 5.32 Å². The van der Waals surface area contributed by atoms with Crippen molar-refractivity contribution in [2.45, 2.75) is 31.9 Å². The van der Waals surface area contributed by atoms with Crippen LogP contribution < -0.4 is 5.32 Å². The predicted molar refractivity (Wildman–Crippen MR) is 80.2 cm³/mol. The van der Waals surface area contributed by atoms with E-state index in [9.17, 15) is 18.0 Å². The van der Waals surface area contributed by atoms with Crippen LogP contribution in [0.5, 0.6) is 0 Å². The van der Waals surface area contributed by atoms with Gasteiger partial charge in [0.15, 0.2) is 0 Å². The maximum Gasteiger partial charge on any atom is 0.416 e. The maximum atomic E-state index is 12.5. The molecule has 1 fully saturated rings. The molecular weight excluding hydrogens is 327 g/mol. The second-order valence-electron chi connectivity index (χ2n) is 5.41. The third kappa shape index (κ3) is 3.52. The molecule has 1 aromatic carbocycles. The number of amides is 1. The number of rotatable bonds is 4. The Kier molecular flexibility index (Phi) is 4.09. The van der Waals surface area contributed by atoms with Crippen molar-refractivity contribution in [3.63, 3.8) is 0 Å². The summed E-state index contributed by atoms with van der Waals surface area (Å²) in [5.41, 5.74) is 0.0773. The second-order valence-corrected chi connectivity index (χ2v) is 6.47. The highest BCUT2D eigenvalue weighted by molar-refractivity contribution is 7.15. The minimum atomic E-state index is -4.34. The number of halogens is 3. The minimum Gasteiger partial charge on any atom is -0.300 e. The van der Waals surface area contributed by atoms with Crippen LogP contribution in [0.1, 0.15) is 35.4 Å². The highest BCUT2D eigenvalue weighted by Crippen LogP contribution is 2.48. The van der Waals surface area contributed by atoms with Crippen molar-refractivity contribution < 1.29 is 18.0 Å². The Labute approximate surface area is 134 Å². The smallest absolute Gasteiger partial charge is 0.300 e. The molecule has 0 saturated heterocycles. The summed E-state index contributed by atoms with van der Waals surface area (Å²) in [6.07, 6.45) is -2.95. The summed E-state index contributed by atoms with van der Waals surface area (Å²) >= 11 is 1.33. The molecule has 2 unspecified atom stereocenters. The lowest BCUT2D eigenvalue weighted by Crippen LogP contribution is -2.14. The Bertz CT molecular complexity index is 712. The largest absolute Gasteiger partial charge is 0.416 e. The molecule has 0 aliphatic heterocycles. The topological polar surface area (TPSA) is 54.9 Å². The number of hydrogen-bond acceptors (Lipinski definition) is 4. The van der Waals surface area contributed by atoms with Crippen molar-refractivity contribution in [3.05, 3.63) is 40.4 Å². The number of carbonyl (C=O) groups is 1. The number of carbonyl (C=O) groups excluding carboxylic acids is 1. The molecule has 1 saturated carbocycles. The van der Waals surface area contributed by atoms with Crippen LogP contribution in [0.3, 0.4) is 0 Å². The van der Waals surface area contributed by atoms with Gasteiger partial charge >= 0.3 is 6.18 Å². The summed E-state index contributed by atoms with van der Waals surface area (Å²) in [5, 5.41) is 11.8. The van der Waals surface area contributed by atoms with Crippen molar-refractivity contribution in [1.82, 2.24) is 10.2 Å². The molecule has 1 heterocycles. The Morgan fingerprint density at radius 1 is 1.30 bits per heavy atom. The van der Waals surface area contributed by atoms with Crippen molar-refractivity contribution >= 4 is 22.4 Å². The van der Waals surface area contributed by atoms with Crippen LogP contribution in [0, 0.1) is 5.92 Å². The number of nitrogens with zero attached hydrogens (tertiary/aromatic N) is 2. The predicted octanol–water partition coefficient (Wildman–Crippen LogP) is 3.86. The fourth-order valence-electron chi connectivity index (χ4n) is 2.42. The summed E-state index contributed by atoms with van der Waals surface area (Å²) in [5.74, 6) is -0.412. The molecule has 122 valence electrons. The first kappa shape index (κ1) is 15.9. The Hall–Kier alpha value is -1.96. The quantitative estimate of drug-likeness (QED) is 0.919. The van der Waals surface area contributed by atoms with E-state index in [1.54, 1.807) is 0 Å². The number of aromatic nitrogens is 2. The van der Waals surface area contributed by atoms with Gasteiger partial charge in [0.25, 0.3) is 0 Å². The number of hydrogen-bond donors (Lipinski definition) is 1. The lowest BCUT2D eigenvalue weighted by Gasteiger charge is -2.07. The molecule has 1 aromatic heterocycles. The number of alkyl halides is 3. The van der Waals surface area contributed by atoms with Crippen LogP contribution in [-0.2, 0) is 17.4 Å². The molecule has 1 amide bonds. The SMILES string of the molecule is CCc1nnc(NC(=O)C2CC2c2ccc(C(F)(F)F)cc2)s1. The van der Waals surface area contributed by atoms with Crippen LogP contribution >= 0.6 is 11.3 Å². The first-order valence-electron chi connectivity index (χ1n) is 7.19. The summed E-state index contributed by atoms with van der Waals surface area (Å²) in [6.45, 7) is 1.95. The molecule has 0 spiro atoms. The van der Waals surface area contributed by atoms with E-state index in [4.69, 9.17) is 0 Å². The van der Waals surface area contributed by atoms with Gasteiger partial charge in [-0.3, -0.25) is 4.79 Å². The maximum absolute atomic E-state index is 12.5. The van der Waals surface area contributed by atoms with Crippen molar-refractivity contribution in [3.8, 4) is 0 Å². The van der Waals surface area contributed by atoms with Crippen LogP contribution in [0.2, 0.25) is 0 Å². The van der Waals surface area contributed by atoms with Gasteiger partial charge in [0.2, 0.25) is 11.0 Å². The van der Waals surface area contributed by atoms with Crippen molar-refractivity contribution in [2.24, 2.45) is 5.92 Å². The zero-order chi connectivity index (χ0) is 16.6. The van der Waals surface area contributed by atoms with Gasteiger partial charge in [-0.2, -0.15) is 13.2 Å². The van der Waals surface area contributed by atoms with Crippen molar-refractivity contribution in [1.29, 1.82) is 0 Å². The molecular formula is C15H14F3N3OS. The summed E-state index contributed by atoms with van der Waals surface area (Å²) < 4.78 is 37.6. The summed E-state index contributed by atoms with van der Waals surface area (Å²) in [7, 11) is 0. The molecule has 0 radical (unpaired) electrons. The van der Waals surface area contributed by atoms with Gasteiger partial charge in [-0.25, -0.2) is 0 Å². The van der Waals surface area contributed by atoms with E-state index in [2.05, 4.69) is 15.5 Å². The molecule has 4 nitrogen and oxygen atoms in total. The van der Waals surface area contributed by atoms with Gasteiger partial charge < -0.3 is 5.32 Å². The summed E-state index contributed by atoms with van der Waals surface area (Å²) in [4.78, 5) is 12.1. The third-order valence-electron chi connectivity index (χ3n) is 3.79. The van der Waals surface area contributed by atoms with Gasteiger partial charge in [-0.05, 0) is 36.5 Å². The van der Waals surface area contributed by atoms with E-state index in [0.717, 1.165) is 29.1 Å². The number of nitrogens with one attached hydrogen (secondary N) is 1. The molecule has 0 bridgehead atoms.